The van der Waals surface area contributed by atoms with Gasteiger partial charge in [0.2, 0.25) is 0 Å². The normalized spacial score (nSPS) is 11.5. The first-order valence-electron chi connectivity index (χ1n) is 8.77. The summed E-state index contributed by atoms with van der Waals surface area (Å²) in [7, 11) is 3.27. The molecule has 144 valence electrons. The SMILES string of the molecule is COc1ccc(CC(NC(=O)c2cncc(Br)c2)c2ccc(OC)cc2)cc1. The second kappa shape index (κ2) is 9.37. The van der Waals surface area contributed by atoms with E-state index in [1.54, 1.807) is 32.7 Å². The summed E-state index contributed by atoms with van der Waals surface area (Å²) in [4.78, 5) is 16.9. The summed E-state index contributed by atoms with van der Waals surface area (Å²) >= 11 is 3.36. The highest BCUT2D eigenvalue weighted by Crippen LogP contribution is 2.23. The predicted octanol–water partition coefficient (Wildman–Crippen LogP) is 4.58. The molecule has 1 unspecified atom stereocenters. The van der Waals surface area contributed by atoms with Crippen LogP contribution < -0.4 is 14.8 Å². The third-order valence-corrected chi connectivity index (χ3v) is 4.82. The van der Waals surface area contributed by atoms with Crippen molar-refractivity contribution in [3.63, 3.8) is 0 Å². The highest BCUT2D eigenvalue weighted by atomic mass is 79.9. The fourth-order valence-corrected chi connectivity index (χ4v) is 3.23. The number of carbonyl (C=O) groups excluding carboxylic acids is 1. The van der Waals surface area contributed by atoms with Gasteiger partial charge in [-0.2, -0.15) is 0 Å². The van der Waals surface area contributed by atoms with E-state index in [0.717, 1.165) is 27.1 Å². The van der Waals surface area contributed by atoms with E-state index in [2.05, 4.69) is 26.2 Å². The zero-order chi connectivity index (χ0) is 19.9. The lowest BCUT2D eigenvalue weighted by atomic mass is 9.98. The average Bonchev–Trinajstić information content (AvgIpc) is 2.74. The van der Waals surface area contributed by atoms with Crippen molar-refractivity contribution in [2.45, 2.75) is 12.5 Å². The summed E-state index contributed by atoms with van der Waals surface area (Å²) in [6.07, 6.45) is 3.84. The number of methoxy groups -OCH3 is 2. The predicted molar refractivity (Wildman–Crippen MR) is 112 cm³/mol. The molecule has 0 spiro atoms. The largest absolute Gasteiger partial charge is 0.497 e. The van der Waals surface area contributed by atoms with Gasteiger partial charge < -0.3 is 14.8 Å². The molecule has 1 heterocycles. The fourth-order valence-electron chi connectivity index (χ4n) is 2.86. The van der Waals surface area contributed by atoms with E-state index in [1.807, 2.05) is 48.5 Å². The van der Waals surface area contributed by atoms with E-state index in [-0.39, 0.29) is 11.9 Å². The monoisotopic (exact) mass is 440 g/mol. The van der Waals surface area contributed by atoms with E-state index in [9.17, 15) is 4.79 Å². The molecule has 1 N–H and O–H groups in total. The first kappa shape index (κ1) is 19.9. The maximum Gasteiger partial charge on any atom is 0.253 e. The van der Waals surface area contributed by atoms with E-state index in [4.69, 9.17) is 9.47 Å². The zero-order valence-corrected chi connectivity index (χ0v) is 17.3. The van der Waals surface area contributed by atoms with Crippen LogP contribution in [0, 0.1) is 0 Å². The van der Waals surface area contributed by atoms with Gasteiger partial charge in [-0.3, -0.25) is 9.78 Å². The number of benzene rings is 2. The van der Waals surface area contributed by atoms with Gasteiger partial charge >= 0.3 is 0 Å². The Kier molecular flexibility index (Phi) is 6.66. The van der Waals surface area contributed by atoms with Crippen LogP contribution in [-0.4, -0.2) is 25.1 Å². The molecule has 0 aliphatic carbocycles. The number of hydrogen-bond acceptors (Lipinski definition) is 4. The molecule has 0 saturated carbocycles. The standard InChI is InChI=1S/C22H21BrN2O3/c1-27-19-7-3-15(4-8-19)11-21(16-5-9-20(28-2)10-6-16)25-22(26)17-12-18(23)14-24-13-17/h3-10,12-14,21H,11H2,1-2H3,(H,25,26). The minimum Gasteiger partial charge on any atom is -0.497 e. The summed E-state index contributed by atoms with van der Waals surface area (Å²) < 4.78 is 11.2. The van der Waals surface area contributed by atoms with E-state index < -0.39 is 0 Å². The Morgan fingerprint density at radius 3 is 2.18 bits per heavy atom. The zero-order valence-electron chi connectivity index (χ0n) is 15.7. The molecular weight excluding hydrogens is 420 g/mol. The summed E-state index contributed by atoms with van der Waals surface area (Å²) in [6, 6.07) is 17.1. The second-order valence-electron chi connectivity index (χ2n) is 6.24. The van der Waals surface area contributed by atoms with Gasteiger partial charge in [-0.1, -0.05) is 24.3 Å². The van der Waals surface area contributed by atoms with Crippen molar-refractivity contribution in [1.82, 2.24) is 10.3 Å². The van der Waals surface area contributed by atoms with Gasteiger partial charge in [-0.25, -0.2) is 0 Å². The molecule has 1 aromatic heterocycles. The van der Waals surface area contributed by atoms with Gasteiger partial charge in [0.25, 0.3) is 5.91 Å². The van der Waals surface area contributed by atoms with Crippen molar-refractivity contribution < 1.29 is 14.3 Å². The van der Waals surface area contributed by atoms with Crippen LogP contribution in [0.5, 0.6) is 11.5 Å². The number of carbonyl (C=O) groups is 1. The molecule has 0 aliphatic heterocycles. The summed E-state index contributed by atoms with van der Waals surface area (Å²) in [5.74, 6) is 1.39. The smallest absolute Gasteiger partial charge is 0.253 e. The van der Waals surface area contributed by atoms with Gasteiger partial charge in [0.15, 0.2) is 0 Å². The number of hydrogen-bond donors (Lipinski definition) is 1. The van der Waals surface area contributed by atoms with Gasteiger partial charge in [0.1, 0.15) is 11.5 Å². The summed E-state index contributed by atoms with van der Waals surface area (Å²) in [6.45, 7) is 0. The first-order chi connectivity index (χ1) is 13.6. The van der Waals surface area contributed by atoms with Crippen molar-refractivity contribution in [3.8, 4) is 11.5 Å². The Hall–Kier alpha value is -2.86. The fraction of sp³-hybridized carbons (Fsp3) is 0.182. The van der Waals surface area contributed by atoms with Crippen molar-refractivity contribution in [1.29, 1.82) is 0 Å². The van der Waals surface area contributed by atoms with Crippen molar-refractivity contribution in [2.24, 2.45) is 0 Å². The first-order valence-corrected chi connectivity index (χ1v) is 9.56. The second-order valence-corrected chi connectivity index (χ2v) is 7.16. The van der Waals surface area contributed by atoms with Crippen LogP contribution in [0.1, 0.15) is 27.5 Å². The maximum absolute atomic E-state index is 12.8. The van der Waals surface area contributed by atoms with E-state index >= 15 is 0 Å². The third-order valence-electron chi connectivity index (χ3n) is 4.39. The molecule has 0 fully saturated rings. The Balaban J connectivity index is 1.85. The molecule has 3 aromatic rings. The Labute approximate surface area is 172 Å². The Morgan fingerprint density at radius 2 is 1.61 bits per heavy atom. The quantitative estimate of drug-likeness (QED) is 0.584. The van der Waals surface area contributed by atoms with Crippen LogP contribution in [0.2, 0.25) is 0 Å². The minimum atomic E-state index is -0.203. The number of nitrogens with zero attached hydrogens (tertiary/aromatic N) is 1. The summed E-state index contributed by atoms with van der Waals surface area (Å²) in [5, 5.41) is 3.12. The Bertz CT molecular complexity index is 927. The van der Waals surface area contributed by atoms with Gasteiger partial charge in [0, 0.05) is 16.9 Å². The molecule has 1 atom stereocenters. The lowest BCUT2D eigenvalue weighted by Crippen LogP contribution is -2.30. The van der Waals surface area contributed by atoms with Crippen LogP contribution in [-0.2, 0) is 6.42 Å². The highest BCUT2D eigenvalue weighted by molar-refractivity contribution is 9.10. The summed E-state index contributed by atoms with van der Waals surface area (Å²) in [5.41, 5.74) is 2.59. The number of ether oxygens (including phenoxy) is 2. The molecule has 1 amide bonds. The molecule has 0 aliphatic rings. The number of halogens is 1. The topological polar surface area (TPSA) is 60.5 Å². The average molecular weight is 441 g/mol. The molecular formula is C22H21BrN2O3. The number of aromatic nitrogens is 1. The van der Waals surface area contributed by atoms with Gasteiger partial charge in [-0.05, 0) is 63.8 Å². The molecule has 5 nitrogen and oxygen atoms in total. The van der Waals surface area contributed by atoms with Crippen LogP contribution in [0.3, 0.4) is 0 Å². The molecule has 2 aromatic carbocycles. The highest BCUT2D eigenvalue weighted by Gasteiger charge is 2.17. The van der Waals surface area contributed by atoms with Crippen LogP contribution in [0.15, 0.2) is 71.5 Å². The minimum absolute atomic E-state index is 0.178. The van der Waals surface area contributed by atoms with Crippen molar-refractivity contribution in [3.05, 3.63) is 88.2 Å². The van der Waals surface area contributed by atoms with Crippen molar-refractivity contribution in [2.75, 3.05) is 14.2 Å². The number of nitrogens with one attached hydrogen (secondary N) is 1. The molecule has 0 saturated heterocycles. The number of pyridine rings is 1. The number of rotatable bonds is 7. The third kappa shape index (κ3) is 5.10. The van der Waals surface area contributed by atoms with Crippen LogP contribution >= 0.6 is 15.9 Å². The molecule has 3 rings (SSSR count). The molecule has 6 heteroatoms. The van der Waals surface area contributed by atoms with E-state index in [0.29, 0.717) is 12.0 Å². The van der Waals surface area contributed by atoms with Crippen LogP contribution in [0.4, 0.5) is 0 Å². The maximum atomic E-state index is 12.8. The van der Waals surface area contributed by atoms with Crippen LogP contribution in [0.25, 0.3) is 0 Å². The molecule has 28 heavy (non-hydrogen) atoms. The van der Waals surface area contributed by atoms with Gasteiger partial charge in [-0.15, -0.1) is 0 Å². The van der Waals surface area contributed by atoms with Crippen molar-refractivity contribution >= 4 is 21.8 Å². The van der Waals surface area contributed by atoms with Gasteiger partial charge in [0.05, 0.1) is 25.8 Å². The van der Waals surface area contributed by atoms with E-state index in [1.165, 1.54) is 0 Å². The number of amides is 1. The molecule has 0 bridgehead atoms. The lowest BCUT2D eigenvalue weighted by Gasteiger charge is -2.20. The molecule has 0 radical (unpaired) electrons. The Morgan fingerprint density at radius 1 is 1.00 bits per heavy atom. The lowest BCUT2D eigenvalue weighted by molar-refractivity contribution is 0.0936.